The predicted octanol–water partition coefficient (Wildman–Crippen LogP) is 4.51. The van der Waals surface area contributed by atoms with E-state index in [9.17, 15) is 13.2 Å². The van der Waals surface area contributed by atoms with Crippen LogP contribution in [-0.2, 0) is 6.18 Å². The average Bonchev–Trinajstić information content (AvgIpc) is 3.04. The predicted molar refractivity (Wildman–Crippen MR) is 86.5 cm³/mol. The largest absolute Gasteiger partial charge is 0.416 e. The third-order valence-electron chi connectivity index (χ3n) is 3.74. The van der Waals surface area contributed by atoms with E-state index in [0.29, 0.717) is 28.5 Å². The molecule has 0 radical (unpaired) electrons. The molecule has 0 aliphatic carbocycles. The molecule has 0 atom stereocenters. The lowest BCUT2D eigenvalue weighted by Gasteiger charge is -2.10. The molecular formula is C17H15F3N4. The summed E-state index contributed by atoms with van der Waals surface area (Å²) in [7, 11) is 1.75. The smallest absolute Gasteiger partial charge is 0.373 e. The van der Waals surface area contributed by atoms with E-state index in [1.54, 1.807) is 32.2 Å². The van der Waals surface area contributed by atoms with Crippen LogP contribution in [0.3, 0.4) is 0 Å². The van der Waals surface area contributed by atoms with Gasteiger partial charge >= 0.3 is 6.18 Å². The SMILES string of the molecule is CNc1cc(-c2ccc(-c3cc(C(F)(F)F)ccc3C)[nH]2)ncn1. The van der Waals surface area contributed by atoms with E-state index in [-0.39, 0.29) is 0 Å². The summed E-state index contributed by atoms with van der Waals surface area (Å²) in [5, 5.41) is 2.92. The van der Waals surface area contributed by atoms with Crippen molar-refractivity contribution in [1.82, 2.24) is 15.0 Å². The third kappa shape index (κ3) is 3.10. The number of aromatic amines is 1. The number of benzene rings is 1. The van der Waals surface area contributed by atoms with Gasteiger partial charge in [0.1, 0.15) is 12.1 Å². The van der Waals surface area contributed by atoms with E-state index in [1.165, 1.54) is 12.4 Å². The molecule has 2 heterocycles. The Labute approximate surface area is 136 Å². The zero-order valence-electron chi connectivity index (χ0n) is 13.1. The van der Waals surface area contributed by atoms with Crippen molar-refractivity contribution in [3.8, 4) is 22.6 Å². The first-order valence-electron chi connectivity index (χ1n) is 7.26. The monoisotopic (exact) mass is 332 g/mol. The molecule has 0 aliphatic rings. The van der Waals surface area contributed by atoms with Crippen molar-refractivity contribution in [1.29, 1.82) is 0 Å². The number of hydrogen-bond donors (Lipinski definition) is 2. The van der Waals surface area contributed by atoms with Gasteiger partial charge in [-0.05, 0) is 36.8 Å². The fourth-order valence-corrected chi connectivity index (χ4v) is 2.43. The highest BCUT2D eigenvalue weighted by atomic mass is 19.4. The maximum atomic E-state index is 12.9. The molecular weight excluding hydrogens is 317 g/mol. The number of hydrogen-bond acceptors (Lipinski definition) is 3. The summed E-state index contributed by atoms with van der Waals surface area (Å²) in [6.45, 7) is 1.78. The summed E-state index contributed by atoms with van der Waals surface area (Å²) < 4.78 is 38.8. The van der Waals surface area contributed by atoms with Crippen LogP contribution >= 0.6 is 0 Å². The highest BCUT2D eigenvalue weighted by Crippen LogP contribution is 2.34. The normalized spacial score (nSPS) is 11.5. The van der Waals surface area contributed by atoms with Crippen molar-refractivity contribution in [3.63, 3.8) is 0 Å². The Morgan fingerprint density at radius 2 is 1.75 bits per heavy atom. The summed E-state index contributed by atoms with van der Waals surface area (Å²) in [5.74, 6) is 0.659. The first-order chi connectivity index (χ1) is 11.4. The van der Waals surface area contributed by atoms with Gasteiger partial charge in [0.05, 0.1) is 17.0 Å². The maximum Gasteiger partial charge on any atom is 0.416 e. The van der Waals surface area contributed by atoms with Crippen LogP contribution in [0.4, 0.5) is 19.0 Å². The Morgan fingerprint density at radius 3 is 2.46 bits per heavy atom. The molecule has 1 aromatic carbocycles. The molecule has 4 nitrogen and oxygen atoms in total. The lowest BCUT2D eigenvalue weighted by atomic mass is 10.0. The van der Waals surface area contributed by atoms with Crippen molar-refractivity contribution < 1.29 is 13.2 Å². The summed E-state index contributed by atoms with van der Waals surface area (Å²) in [6.07, 6.45) is -2.94. The van der Waals surface area contributed by atoms with Crippen molar-refractivity contribution in [3.05, 3.63) is 53.9 Å². The van der Waals surface area contributed by atoms with Gasteiger partial charge in [0, 0.05) is 24.4 Å². The van der Waals surface area contributed by atoms with Gasteiger partial charge in [-0.1, -0.05) is 6.07 Å². The molecule has 0 saturated carbocycles. The Balaban J connectivity index is 2.02. The van der Waals surface area contributed by atoms with Gasteiger partial charge in [-0.2, -0.15) is 13.2 Å². The van der Waals surface area contributed by atoms with Crippen LogP contribution in [0, 0.1) is 6.92 Å². The fourth-order valence-electron chi connectivity index (χ4n) is 2.43. The van der Waals surface area contributed by atoms with Gasteiger partial charge in [-0.25, -0.2) is 9.97 Å². The molecule has 0 saturated heterocycles. The molecule has 0 fully saturated rings. The minimum absolute atomic E-state index is 0.513. The number of anilines is 1. The van der Waals surface area contributed by atoms with E-state index in [2.05, 4.69) is 20.3 Å². The zero-order valence-corrected chi connectivity index (χ0v) is 13.1. The van der Waals surface area contributed by atoms with Gasteiger partial charge in [-0.15, -0.1) is 0 Å². The van der Waals surface area contributed by atoms with Crippen molar-refractivity contribution in [2.75, 3.05) is 12.4 Å². The van der Waals surface area contributed by atoms with Crippen LogP contribution in [0.25, 0.3) is 22.6 Å². The van der Waals surface area contributed by atoms with Crippen LogP contribution in [-0.4, -0.2) is 22.0 Å². The fraction of sp³-hybridized carbons (Fsp3) is 0.176. The third-order valence-corrected chi connectivity index (χ3v) is 3.74. The Hall–Kier alpha value is -2.83. The molecule has 124 valence electrons. The minimum Gasteiger partial charge on any atom is -0.373 e. The second-order valence-corrected chi connectivity index (χ2v) is 5.35. The van der Waals surface area contributed by atoms with Gasteiger partial charge in [0.2, 0.25) is 0 Å². The number of nitrogens with one attached hydrogen (secondary N) is 2. The molecule has 0 spiro atoms. The van der Waals surface area contributed by atoms with Crippen molar-refractivity contribution in [2.24, 2.45) is 0 Å². The molecule has 0 unspecified atom stereocenters. The van der Waals surface area contributed by atoms with Crippen LogP contribution in [0.15, 0.2) is 42.7 Å². The van der Waals surface area contributed by atoms with E-state index >= 15 is 0 Å². The Morgan fingerprint density at radius 1 is 1.00 bits per heavy atom. The van der Waals surface area contributed by atoms with Crippen LogP contribution in [0.1, 0.15) is 11.1 Å². The van der Waals surface area contributed by atoms with Crippen LogP contribution in [0.5, 0.6) is 0 Å². The topological polar surface area (TPSA) is 53.6 Å². The summed E-state index contributed by atoms with van der Waals surface area (Å²) in [5.41, 5.74) is 2.58. The minimum atomic E-state index is -4.37. The number of aromatic nitrogens is 3. The molecule has 3 rings (SSSR count). The van der Waals surface area contributed by atoms with Crippen LogP contribution < -0.4 is 5.32 Å². The van der Waals surface area contributed by atoms with Crippen LogP contribution in [0.2, 0.25) is 0 Å². The molecule has 2 aromatic heterocycles. The quantitative estimate of drug-likeness (QED) is 0.742. The standard InChI is InChI=1S/C17H15F3N4/c1-10-3-4-11(17(18,19)20)7-12(10)13-5-6-14(24-13)15-8-16(21-2)23-9-22-15/h3-9,24H,1-2H3,(H,21,22,23). The van der Waals surface area contributed by atoms with E-state index in [4.69, 9.17) is 0 Å². The Kier molecular flexibility index (Phi) is 4.01. The zero-order chi connectivity index (χ0) is 17.3. The number of rotatable bonds is 3. The van der Waals surface area contributed by atoms with Gasteiger partial charge in [0.15, 0.2) is 0 Å². The highest BCUT2D eigenvalue weighted by molar-refractivity contribution is 5.70. The number of H-pyrrole nitrogens is 1. The lowest BCUT2D eigenvalue weighted by Crippen LogP contribution is -2.05. The molecule has 0 aliphatic heterocycles. The molecule has 2 N–H and O–H groups in total. The van der Waals surface area contributed by atoms with E-state index < -0.39 is 11.7 Å². The number of halogens is 3. The van der Waals surface area contributed by atoms with E-state index in [1.807, 2.05) is 0 Å². The van der Waals surface area contributed by atoms with Gasteiger partial charge < -0.3 is 10.3 Å². The number of aryl methyl sites for hydroxylation is 1. The molecule has 3 aromatic rings. The second-order valence-electron chi connectivity index (χ2n) is 5.35. The summed E-state index contributed by atoms with van der Waals surface area (Å²) in [6, 6.07) is 9.02. The summed E-state index contributed by atoms with van der Waals surface area (Å²) in [4.78, 5) is 11.4. The number of nitrogens with zero attached hydrogens (tertiary/aromatic N) is 2. The lowest BCUT2D eigenvalue weighted by molar-refractivity contribution is -0.137. The second kappa shape index (κ2) is 5.99. The van der Waals surface area contributed by atoms with Crippen molar-refractivity contribution >= 4 is 5.82 Å². The Bertz CT molecular complexity index is 868. The molecule has 0 amide bonds. The first-order valence-corrected chi connectivity index (χ1v) is 7.26. The van der Waals surface area contributed by atoms with Gasteiger partial charge in [-0.3, -0.25) is 0 Å². The van der Waals surface area contributed by atoms with Crippen molar-refractivity contribution in [2.45, 2.75) is 13.1 Å². The molecule has 0 bridgehead atoms. The highest BCUT2D eigenvalue weighted by Gasteiger charge is 2.31. The number of alkyl halides is 3. The first kappa shape index (κ1) is 16.0. The molecule has 7 heteroatoms. The molecule has 24 heavy (non-hydrogen) atoms. The average molecular weight is 332 g/mol. The van der Waals surface area contributed by atoms with E-state index in [0.717, 1.165) is 17.7 Å². The summed E-state index contributed by atoms with van der Waals surface area (Å²) >= 11 is 0. The maximum absolute atomic E-state index is 12.9. The van der Waals surface area contributed by atoms with Gasteiger partial charge in [0.25, 0.3) is 0 Å².